The second-order valence-electron chi connectivity index (χ2n) is 4.14. The fraction of sp³-hybridized carbons (Fsp3) is 0.308. The minimum absolute atomic E-state index is 0.0252. The van der Waals surface area contributed by atoms with Gasteiger partial charge in [0.05, 0.1) is 18.2 Å². The first kappa shape index (κ1) is 13.2. The van der Waals surface area contributed by atoms with Crippen molar-refractivity contribution in [2.45, 2.75) is 12.5 Å². The number of esters is 1. The summed E-state index contributed by atoms with van der Waals surface area (Å²) in [6.45, 7) is -0.0252. The molecule has 1 heterocycles. The van der Waals surface area contributed by atoms with Gasteiger partial charge in [0.15, 0.2) is 6.10 Å². The van der Waals surface area contributed by atoms with Crippen molar-refractivity contribution in [3.8, 4) is 0 Å². The van der Waals surface area contributed by atoms with E-state index in [1.54, 1.807) is 24.3 Å². The molecule has 19 heavy (non-hydrogen) atoms. The smallest absolute Gasteiger partial charge is 0.334 e. The molecule has 1 aromatic rings. The van der Waals surface area contributed by atoms with Crippen molar-refractivity contribution in [2.24, 2.45) is 0 Å². The molecule has 6 heteroatoms. The lowest BCUT2D eigenvalue weighted by atomic mass is 10.1. The summed E-state index contributed by atoms with van der Waals surface area (Å²) in [4.78, 5) is 36.0. The summed E-state index contributed by atoms with van der Waals surface area (Å²) in [7, 11) is 1.16. The first-order valence-corrected chi connectivity index (χ1v) is 5.77. The third-order valence-corrected chi connectivity index (χ3v) is 2.98. The SMILES string of the molecule is COC(=O)[C@H](O)CCN1C(=O)c2ccccc2C1=O. The second kappa shape index (κ2) is 5.19. The zero-order chi connectivity index (χ0) is 14.0. The van der Waals surface area contributed by atoms with Crippen LogP contribution in [0, 0.1) is 0 Å². The number of aliphatic hydroxyl groups excluding tert-OH is 1. The maximum atomic E-state index is 12.0. The molecule has 6 nitrogen and oxygen atoms in total. The van der Waals surface area contributed by atoms with E-state index in [1.807, 2.05) is 0 Å². The van der Waals surface area contributed by atoms with Crippen LogP contribution in [-0.4, -0.2) is 47.5 Å². The van der Waals surface area contributed by atoms with Gasteiger partial charge in [-0.25, -0.2) is 4.79 Å². The summed E-state index contributed by atoms with van der Waals surface area (Å²) >= 11 is 0. The number of imide groups is 1. The molecule has 2 rings (SSSR count). The number of carbonyl (C=O) groups excluding carboxylic acids is 3. The van der Waals surface area contributed by atoms with E-state index in [0.717, 1.165) is 12.0 Å². The number of amides is 2. The maximum absolute atomic E-state index is 12.0. The molecule has 0 saturated heterocycles. The van der Waals surface area contributed by atoms with Crippen LogP contribution < -0.4 is 0 Å². The molecule has 1 aromatic carbocycles. The Morgan fingerprint density at radius 2 is 1.79 bits per heavy atom. The Bertz CT molecular complexity index is 505. The Morgan fingerprint density at radius 3 is 2.26 bits per heavy atom. The molecule has 0 fully saturated rings. The van der Waals surface area contributed by atoms with Gasteiger partial charge in [-0.15, -0.1) is 0 Å². The minimum Gasteiger partial charge on any atom is -0.467 e. The van der Waals surface area contributed by atoms with E-state index in [4.69, 9.17) is 0 Å². The summed E-state index contributed by atoms with van der Waals surface area (Å²) in [6, 6.07) is 6.51. The molecular weight excluding hydrogens is 250 g/mol. The van der Waals surface area contributed by atoms with Crippen molar-refractivity contribution in [1.29, 1.82) is 0 Å². The highest BCUT2D eigenvalue weighted by atomic mass is 16.5. The van der Waals surface area contributed by atoms with E-state index in [9.17, 15) is 19.5 Å². The van der Waals surface area contributed by atoms with E-state index in [1.165, 1.54) is 0 Å². The molecule has 0 aliphatic carbocycles. The Morgan fingerprint density at radius 1 is 1.26 bits per heavy atom. The topological polar surface area (TPSA) is 83.9 Å². The lowest BCUT2D eigenvalue weighted by Crippen LogP contribution is -2.34. The van der Waals surface area contributed by atoms with Crippen LogP contribution in [0.4, 0.5) is 0 Å². The Balaban J connectivity index is 2.07. The average molecular weight is 263 g/mol. The summed E-state index contributed by atoms with van der Waals surface area (Å²) in [5, 5.41) is 9.44. The first-order chi connectivity index (χ1) is 9.06. The number of fused-ring (bicyclic) bond motifs is 1. The quantitative estimate of drug-likeness (QED) is 0.620. The van der Waals surface area contributed by atoms with Crippen LogP contribution in [-0.2, 0) is 9.53 Å². The van der Waals surface area contributed by atoms with Crippen LogP contribution in [0.2, 0.25) is 0 Å². The van der Waals surface area contributed by atoms with Crippen molar-refractivity contribution >= 4 is 17.8 Å². The molecule has 100 valence electrons. The molecule has 0 unspecified atom stereocenters. The number of hydrogen-bond acceptors (Lipinski definition) is 5. The Kier molecular flexibility index (Phi) is 3.62. The highest BCUT2D eigenvalue weighted by molar-refractivity contribution is 6.21. The summed E-state index contributed by atoms with van der Waals surface area (Å²) in [5.74, 6) is -1.59. The largest absolute Gasteiger partial charge is 0.467 e. The predicted octanol–water partition coefficient (Wildman–Crippen LogP) is 0.207. The molecule has 2 amide bonds. The molecule has 0 spiro atoms. The van der Waals surface area contributed by atoms with Crippen LogP contribution in [0.15, 0.2) is 24.3 Å². The zero-order valence-electron chi connectivity index (χ0n) is 10.3. The van der Waals surface area contributed by atoms with E-state index in [-0.39, 0.29) is 13.0 Å². The molecule has 1 aliphatic rings. The summed E-state index contributed by atoms with van der Waals surface area (Å²) < 4.78 is 4.37. The monoisotopic (exact) mass is 263 g/mol. The number of methoxy groups -OCH3 is 1. The van der Waals surface area contributed by atoms with E-state index in [2.05, 4.69) is 4.74 Å². The van der Waals surface area contributed by atoms with Crippen molar-refractivity contribution < 1.29 is 24.2 Å². The summed E-state index contributed by atoms with van der Waals surface area (Å²) in [5.41, 5.74) is 0.695. The number of benzene rings is 1. The molecule has 0 bridgehead atoms. The highest BCUT2D eigenvalue weighted by Crippen LogP contribution is 2.22. The summed E-state index contributed by atoms with van der Waals surface area (Å²) in [6.07, 6.45) is -1.38. The van der Waals surface area contributed by atoms with Crippen LogP contribution in [0.1, 0.15) is 27.1 Å². The standard InChI is InChI=1S/C13H13NO5/c1-19-13(18)10(15)6-7-14-11(16)8-4-2-3-5-9(8)12(14)17/h2-5,10,15H,6-7H2,1H3/t10-/m1/s1. The van der Waals surface area contributed by atoms with Gasteiger partial charge in [-0.3, -0.25) is 14.5 Å². The number of aliphatic hydroxyl groups is 1. The molecule has 0 saturated carbocycles. The normalized spacial score (nSPS) is 15.4. The third-order valence-electron chi connectivity index (χ3n) is 2.98. The molecule has 1 N–H and O–H groups in total. The van der Waals surface area contributed by atoms with Crippen molar-refractivity contribution in [3.05, 3.63) is 35.4 Å². The fourth-order valence-electron chi connectivity index (χ4n) is 1.95. The number of nitrogens with zero attached hydrogens (tertiary/aromatic N) is 1. The van der Waals surface area contributed by atoms with E-state index in [0.29, 0.717) is 11.1 Å². The number of rotatable bonds is 4. The van der Waals surface area contributed by atoms with Gasteiger partial charge in [0, 0.05) is 13.0 Å². The molecule has 1 atom stereocenters. The van der Waals surface area contributed by atoms with Gasteiger partial charge in [0.1, 0.15) is 0 Å². The lowest BCUT2D eigenvalue weighted by molar-refractivity contribution is -0.150. The zero-order valence-corrected chi connectivity index (χ0v) is 10.3. The maximum Gasteiger partial charge on any atom is 0.334 e. The van der Waals surface area contributed by atoms with Gasteiger partial charge in [-0.05, 0) is 12.1 Å². The Hall–Kier alpha value is -2.21. The van der Waals surface area contributed by atoms with E-state index < -0.39 is 23.9 Å². The van der Waals surface area contributed by atoms with Gasteiger partial charge >= 0.3 is 5.97 Å². The van der Waals surface area contributed by atoms with E-state index >= 15 is 0 Å². The predicted molar refractivity (Wildman–Crippen MR) is 64.4 cm³/mol. The van der Waals surface area contributed by atoms with Gasteiger partial charge in [0.2, 0.25) is 0 Å². The Labute approximate surface area is 109 Å². The number of ether oxygens (including phenoxy) is 1. The van der Waals surface area contributed by atoms with Crippen molar-refractivity contribution in [1.82, 2.24) is 4.90 Å². The van der Waals surface area contributed by atoms with Crippen molar-refractivity contribution in [2.75, 3.05) is 13.7 Å². The van der Waals surface area contributed by atoms with Gasteiger partial charge < -0.3 is 9.84 Å². The second-order valence-corrected chi connectivity index (χ2v) is 4.14. The molecule has 0 radical (unpaired) electrons. The van der Waals surface area contributed by atoms with Crippen molar-refractivity contribution in [3.63, 3.8) is 0 Å². The van der Waals surface area contributed by atoms with Crippen LogP contribution in [0.3, 0.4) is 0 Å². The highest BCUT2D eigenvalue weighted by Gasteiger charge is 2.35. The molecule has 0 aromatic heterocycles. The van der Waals surface area contributed by atoms with Crippen LogP contribution in [0.25, 0.3) is 0 Å². The number of hydrogen-bond donors (Lipinski definition) is 1. The lowest BCUT2D eigenvalue weighted by Gasteiger charge is -2.15. The first-order valence-electron chi connectivity index (χ1n) is 5.77. The van der Waals surface area contributed by atoms with Crippen LogP contribution >= 0.6 is 0 Å². The third kappa shape index (κ3) is 2.34. The molecular formula is C13H13NO5. The van der Waals surface area contributed by atoms with Crippen LogP contribution in [0.5, 0.6) is 0 Å². The number of carbonyl (C=O) groups is 3. The average Bonchev–Trinajstić information content (AvgIpc) is 2.68. The fourth-order valence-corrected chi connectivity index (χ4v) is 1.95. The van der Waals surface area contributed by atoms with Gasteiger partial charge in [-0.1, -0.05) is 12.1 Å². The minimum atomic E-state index is -1.34. The van der Waals surface area contributed by atoms with Gasteiger partial charge in [-0.2, -0.15) is 0 Å². The molecule has 1 aliphatic heterocycles. The van der Waals surface area contributed by atoms with Gasteiger partial charge in [0.25, 0.3) is 11.8 Å².